The van der Waals surface area contributed by atoms with Crippen LogP contribution in [0.3, 0.4) is 0 Å². The molecule has 0 bridgehead atoms. The first-order chi connectivity index (χ1) is 11.2. The lowest BCUT2D eigenvalue weighted by Crippen LogP contribution is -2.08. The van der Waals surface area contributed by atoms with Crippen LogP contribution in [-0.4, -0.2) is 0 Å². The van der Waals surface area contributed by atoms with Gasteiger partial charge in [0.05, 0.1) is 11.1 Å². The average Bonchev–Trinajstić information content (AvgIpc) is 2.57. The van der Waals surface area contributed by atoms with E-state index >= 15 is 0 Å². The number of rotatable bonds is 3. The van der Waals surface area contributed by atoms with Crippen molar-refractivity contribution < 1.29 is 54.1 Å². The number of hydrogen-bond acceptors (Lipinski definition) is 2. The quantitative estimate of drug-likeness (QED) is 0.433. The second-order valence-corrected chi connectivity index (χ2v) is 4.07. The molecule has 0 saturated carbocycles. The van der Waals surface area contributed by atoms with E-state index in [1.807, 2.05) is 0 Å². The predicted octanol–water partition coefficient (Wildman–Crippen LogP) is 4.99. The largest absolute Gasteiger partial charge is 0.290 e. The highest BCUT2D eigenvalue weighted by Crippen LogP contribution is 2.46. The Hall–Kier alpha value is -2.66. The molecule has 0 heterocycles. The molecule has 0 amide bonds. The molecule has 0 radical (unpaired) electrons. The van der Waals surface area contributed by atoms with E-state index in [0.717, 1.165) is 0 Å². The van der Waals surface area contributed by atoms with E-state index < -0.39 is 69.2 Å². The van der Waals surface area contributed by atoms with Crippen LogP contribution in [0.2, 0.25) is 0 Å². The minimum Gasteiger partial charge on any atom is -0.290 e. The maximum Gasteiger partial charge on any atom is 0.221 e. The van der Waals surface area contributed by atoms with Crippen molar-refractivity contribution in [3.8, 4) is 22.6 Å². The van der Waals surface area contributed by atoms with Gasteiger partial charge in [-0.15, -0.1) is 0 Å². The van der Waals surface area contributed by atoms with Crippen molar-refractivity contribution in [2.75, 3.05) is 0 Å². The highest BCUT2D eigenvalue weighted by atomic mass is 19.3. The predicted molar refractivity (Wildman–Crippen MR) is 55.0 cm³/mol. The summed E-state index contributed by atoms with van der Waals surface area (Å²) in [6, 6.07) is 0. The van der Waals surface area contributed by atoms with Crippen LogP contribution < -0.4 is 9.88 Å². The van der Waals surface area contributed by atoms with Gasteiger partial charge in [-0.05, 0) is 0 Å². The van der Waals surface area contributed by atoms with Crippen LogP contribution >= 0.6 is 0 Å². The summed E-state index contributed by atoms with van der Waals surface area (Å²) in [5.74, 6) is -25.5. The molecular formula is C12F10O2. The van der Waals surface area contributed by atoms with Gasteiger partial charge < -0.3 is 0 Å². The average molecular weight is 366 g/mol. The molecule has 0 aromatic heterocycles. The van der Waals surface area contributed by atoms with Gasteiger partial charge in [0.1, 0.15) is 0 Å². The molecule has 0 saturated heterocycles. The fourth-order valence-electron chi connectivity index (χ4n) is 1.81. The minimum absolute atomic E-state index is 2.13. The Kier molecular flexibility index (Phi) is 4.49. The van der Waals surface area contributed by atoms with Crippen LogP contribution in [0.25, 0.3) is 11.1 Å². The maximum absolute atomic E-state index is 13.7. The Bertz CT molecular complexity index is 767. The first-order valence-corrected chi connectivity index (χ1v) is 5.48. The maximum atomic E-state index is 13.7. The van der Waals surface area contributed by atoms with Crippen molar-refractivity contribution in [1.82, 2.24) is 0 Å². The molecule has 2 nitrogen and oxygen atoms in total. The van der Waals surface area contributed by atoms with Crippen LogP contribution in [0.1, 0.15) is 0 Å². The first-order valence-electron chi connectivity index (χ1n) is 5.48. The molecule has 2 aromatic carbocycles. The molecule has 24 heavy (non-hydrogen) atoms. The fourth-order valence-corrected chi connectivity index (χ4v) is 1.81. The van der Waals surface area contributed by atoms with Gasteiger partial charge in [-0.2, -0.15) is 8.78 Å². The van der Waals surface area contributed by atoms with Crippen molar-refractivity contribution >= 4 is 0 Å². The third-order valence-corrected chi connectivity index (χ3v) is 2.85. The summed E-state index contributed by atoms with van der Waals surface area (Å²) >= 11 is 0. The summed E-state index contributed by atoms with van der Waals surface area (Å²) in [5.41, 5.74) is -4.26. The van der Waals surface area contributed by atoms with E-state index in [-0.39, 0.29) is 0 Å². The molecule has 0 aliphatic carbocycles. The molecule has 130 valence electrons. The molecule has 0 aliphatic heterocycles. The van der Waals surface area contributed by atoms with Gasteiger partial charge in [0.2, 0.25) is 34.8 Å². The lowest BCUT2D eigenvalue weighted by molar-refractivity contribution is -0.0140. The second kappa shape index (κ2) is 6.09. The van der Waals surface area contributed by atoms with Gasteiger partial charge >= 0.3 is 0 Å². The standard InChI is InChI=1S/C12F10O2/c13-3-1(11(23-21)9(19)7(17)5(3)15)2-4(14)6(16)8(18)10(20)12(2)24-22. The summed E-state index contributed by atoms with van der Waals surface area (Å²) in [6.07, 6.45) is 0. The minimum atomic E-state index is -2.68. The molecule has 12 heteroatoms. The highest BCUT2D eigenvalue weighted by Gasteiger charge is 2.36. The summed E-state index contributed by atoms with van der Waals surface area (Å²) in [5, 5.41) is 0. The van der Waals surface area contributed by atoms with E-state index in [1.165, 1.54) is 0 Å². The van der Waals surface area contributed by atoms with E-state index in [1.54, 1.807) is 0 Å². The first kappa shape index (κ1) is 17.7. The Morgan fingerprint density at radius 3 is 0.875 bits per heavy atom. The molecule has 2 aromatic rings. The normalized spacial score (nSPS) is 10.9. The van der Waals surface area contributed by atoms with Gasteiger partial charge in [-0.1, -0.05) is 0 Å². The number of benzene rings is 2. The van der Waals surface area contributed by atoms with E-state index in [4.69, 9.17) is 0 Å². The topological polar surface area (TPSA) is 18.5 Å². The fraction of sp³-hybridized carbons (Fsp3) is 0. The smallest absolute Gasteiger partial charge is 0.221 e. The molecular weight excluding hydrogens is 366 g/mol. The molecule has 0 atom stereocenters. The lowest BCUT2D eigenvalue weighted by atomic mass is 10.00. The van der Waals surface area contributed by atoms with Gasteiger partial charge in [0, 0.05) is 9.05 Å². The summed E-state index contributed by atoms with van der Waals surface area (Å²) in [7, 11) is 0. The molecule has 0 fully saturated rings. The van der Waals surface area contributed by atoms with E-state index in [0.29, 0.717) is 0 Å². The van der Waals surface area contributed by atoms with Gasteiger partial charge in [0.25, 0.3) is 0 Å². The van der Waals surface area contributed by atoms with Crippen molar-refractivity contribution in [3.05, 3.63) is 46.5 Å². The van der Waals surface area contributed by atoms with E-state index in [9.17, 15) is 44.2 Å². The zero-order valence-corrected chi connectivity index (χ0v) is 10.6. The Labute approximate surface area is 124 Å². The highest BCUT2D eigenvalue weighted by molar-refractivity contribution is 5.77. The SMILES string of the molecule is FOc1c(F)c(F)c(F)c(F)c1-c1c(F)c(F)c(F)c(F)c1OF. The van der Waals surface area contributed by atoms with Crippen LogP contribution in [0, 0.1) is 46.5 Å². The van der Waals surface area contributed by atoms with Gasteiger partial charge in [-0.3, -0.25) is 9.88 Å². The van der Waals surface area contributed by atoms with Crippen LogP contribution in [0.5, 0.6) is 11.5 Å². The molecule has 0 unspecified atom stereocenters. The van der Waals surface area contributed by atoms with Crippen LogP contribution in [0.15, 0.2) is 0 Å². The Morgan fingerprint density at radius 2 is 0.625 bits per heavy atom. The summed E-state index contributed by atoms with van der Waals surface area (Å²) in [4.78, 5) is 5.41. The molecule has 2 rings (SSSR count). The zero-order chi connectivity index (χ0) is 18.3. The summed E-state index contributed by atoms with van der Waals surface area (Å²) in [6.45, 7) is 0. The number of halogens is 10. The van der Waals surface area contributed by atoms with E-state index in [2.05, 4.69) is 9.88 Å². The van der Waals surface area contributed by atoms with Gasteiger partial charge in [-0.25, -0.2) is 26.3 Å². The number of hydrogen-bond donors (Lipinski definition) is 0. The van der Waals surface area contributed by atoms with Gasteiger partial charge in [0.15, 0.2) is 23.3 Å². The molecule has 0 spiro atoms. The van der Waals surface area contributed by atoms with Crippen molar-refractivity contribution in [1.29, 1.82) is 0 Å². The Morgan fingerprint density at radius 1 is 0.375 bits per heavy atom. The monoisotopic (exact) mass is 366 g/mol. The van der Waals surface area contributed by atoms with Crippen molar-refractivity contribution in [2.45, 2.75) is 0 Å². The zero-order valence-electron chi connectivity index (χ0n) is 10.6. The summed E-state index contributed by atoms with van der Waals surface area (Å²) < 4.78 is 131. The van der Waals surface area contributed by atoms with Crippen molar-refractivity contribution in [3.63, 3.8) is 0 Å². The third kappa shape index (κ3) is 2.29. The lowest BCUT2D eigenvalue weighted by Gasteiger charge is -2.14. The van der Waals surface area contributed by atoms with Crippen molar-refractivity contribution in [2.24, 2.45) is 0 Å². The van der Waals surface area contributed by atoms with Crippen LogP contribution in [0.4, 0.5) is 44.2 Å². The third-order valence-electron chi connectivity index (χ3n) is 2.85. The second-order valence-electron chi connectivity index (χ2n) is 4.07. The van der Waals surface area contributed by atoms with Crippen LogP contribution in [-0.2, 0) is 0 Å². The molecule has 0 N–H and O–H groups in total. The molecule has 0 aliphatic rings. The Balaban J connectivity index is 3.09.